The van der Waals surface area contributed by atoms with Crippen molar-refractivity contribution in [3.05, 3.63) is 42.1 Å². The van der Waals surface area contributed by atoms with Gasteiger partial charge in [-0.3, -0.25) is 9.78 Å². The molecule has 1 aromatic heterocycles. The molecule has 1 fully saturated rings. The van der Waals surface area contributed by atoms with Crippen molar-refractivity contribution in [2.75, 3.05) is 0 Å². The number of carbonyl (C=O) groups excluding carboxylic acids is 1. The molecule has 0 saturated heterocycles. The zero-order valence-electron chi connectivity index (χ0n) is 10.2. The highest BCUT2D eigenvalue weighted by molar-refractivity contribution is 6.08. The van der Waals surface area contributed by atoms with Crippen LogP contribution in [-0.4, -0.2) is 16.8 Å². The molecule has 3 nitrogen and oxygen atoms in total. The molecule has 0 aliphatic heterocycles. The second kappa shape index (κ2) is 4.50. The third kappa shape index (κ3) is 1.91. The Kier molecular flexibility index (Phi) is 2.84. The first-order valence-electron chi connectivity index (χ1n) is 6.39. The van der Waals surface area contributed by atoms with Crippen LogP contribution in [0, 0.1) is 5.92 Å². The normalized spacial score (nSPS) is 23.4. The molecule has 2 N–H and O–H groups in total. The quantitative estimate of drug-likeness (QED) is 0.821. The molecule has 3 rings (SSSR count). The summed E-state index contributed by atoms with van der Waals surface area (Å²) in [6.07, 6.45) is 4.44. The maximum Gasteiger partial charge on any atom is 0.166 e. The number of Topliss-reactive ketones (excluding diaryl/α,β-unsaturated/α-hetero) is 1. The Morgan fingerprint density at radius 2 is 2.11 bits per heavy atom. The van der Waals surface area contributed by atoms with E-state index in [0.29, 0.717) is 0 Å². The predicted octanol–water partition coefficient (Wildman–Crippen LogP) is 2.54. The molecular formula is C15H16N2O. The summed E-state index contributed by atoms with van der Waals surface area (Å²) in [5, 5.41) is 0.950. The molecule has 0 amide bonds. The topological polar surface area (TPSA) is 56.0 Å². The van der Waals surface area contributed by atoms with Crippen molar-refractivity contribution in [3.8, 4) is 0 Å². The second-order valence-electron chi connectivity index (χ2n) is 5.01. The zero-order chi connectivity index (χ0) is 12.5. The lowest BCUT2D eigenvalue weighted by Crippen LogP contribution is -2.18. The fourth-order valence-corrected chi connectivity index (χ4v) is 2.79. The average Bonchev–Trinajstić information content (AvgIpc) is 2.84. The van der Waals surface area contributed by atoms with Crippen LogP contribution in [0.1, 0.15) is 29.6 Å². The number of benzene rings is 1. The van der Waals surface area contributed by atoms with E-state index < -0.39 is 0 Å². The largest absolute Gasteiger partial charge is 0.328 e. The van der Waals surface area contributed by atoms with Crippen LogP contribution in [0.4, 0.5) is 0 Å². The van der Waals surface area contributed by atoms with Gasteiger partial charge in [0.15, 0.2) is 5.78 Å². The fourth-order valence-electron chi connectivity index (χ4n) is 2.79. The number of hydrogen-bond acceptors (Lipinski definition) is 3. The van der Waals surface area contributed by atoms with Crippen molar-refractivity contribution in [1.82, 2.24) is 4.98 Å². The summed E-state index contributed by atoms with van der Waals surface area (Å²) in [6.45, 7) is 0. The fraction of sp³-hybridized carbons (Fsp3) is 0.333. The minimum absolute atomic E-state index is 0.0887. The number of nitrogens with two attached hydrogens (primary N) is 1. The molecule has 0 bridgehead atoms. The Morgan fingerprint density at radius 1 is 1.22 bits per heavy atom. The SMILES string of the molecule is NC1CCC(C(=O)c2cccc3ncccc23)C1. The number of fused-ring (bicyclic) bond motifs is 1. The van der Waals surface area contributed by atoms with E-state index in [0.717, 1.165) is 35.7 Å². The Hall–Kier alpha value is -1.74. The molecule has 1 aliphatic rings. The Labute approximate surface area is 106 Å². The molecule has 2 aromatic rings. The average molecular weight is 240 g/mol. The Balaban J connectivity index is 2.01. The zero-order valence-corrected chi connectivity index (χ0v) is 10.2. The maximum atomic E-state index is 12.5. The van der Waals surface area contributed by atoms with E-state index in [4.69, 9.17) is 5.73 Å². The van der Waals surface area contributed by atoms with E-state index in [-0.39, 0.29) is 17.7 Å². The van der Waals surface area contributed by atoms with Gasteiger partial charge in [-0.25, -0.2) is 0 Å². The number of pyridine rings is 1. The summed E-state index contributed by atoms with van der Waals surface area (Å²) in [5.74, 6) is 0.312. The number of nitrogens with zero attached hydrogens (tertiary/aromatic N) is 1. The van der Waals surface area contributed by atoms with Crippen molar-refractivity contribution >= 4 is 16.7 Å². The van der Waals surface area contributed by atoms with Crippen LogP contribution in [0.5, 0.6) is 0 Å². The molecule has 2 unspecified atom stereocenters. The van der Waals surface area contributed by atoms with E-state index in [1.54, 1.807) is 6.20 Å². The highest BCUT2D eigenvalue weighted by Gasteiger charge is 2.29. The molecule has 1 aliphatic carbocycles. The first kappa shape index (κ1) is 11.4. The summed E-state index contributed by atoms with van der Waals surface area (Å²) in [6, 6.07) is 9.76. The first-order valence-corrected chi connectivity index (χ1v) is 6.39. The lowest BCUT2D eigenvalue weighted by molar-refractivity contribution is 0.0923. The van der Waals surface area contributed by atoms with Crippen LogP contribution in [0.3, 0.4) is 0 Å². The van der Waals surface area contributed by atoms with Gasteiger partial charge in [-0.1, -0.05) is 18.2 Å². The van der Waals surface area contributed by atoms with Crippen LogP contribution in [0.2, 0.25) is 0 Å². The van der Waals surface area contributed by atoms with Crippen molar-refractivity contribution in [1.29, 1.82) is 0 Å². The van der Waals surface area contributed by atoms with Crippen LogP contribution in [-0.2, 0) is 0 Å². The van der Waals surface area contributed by atoms with Crippen molar-refractivity contribution in [2.45, 2.75) is 25.3 Å². The van der Waals surface area contributed by atoms with Gasteiger partial charge in [-0.15, -0.1) is 0 Å². The Morgan fingerprint density at radius 3 is 2.89 bits per heavy atom. The van der Waals surface area contributed by atoms with Crippen LogP contribution in [0.25, 0.3) is 10.9 Å². The highest BCUT2D eigenvalue weighted by atomic mass is 16.1. The van der Waals surface area contributed by atoms with Gasteiger partial charge in [0.1, 0.15) is 0 Å². The summed E-state index contributed by atoms with van der Waals surface area (Å²) in [5.41, 5.74) is 7.56. The Bertz CT molecular complexity index is 589. The van der Waals surface area contributed by atoms with E-state index in [1.165, 1.54) is 0 Å². The van der Waals surface area contributed by atoms with Crippen LogP contribution in [0.15, 0.2) is 36.5 Å². The number of ketones is 1. The maximum absolute atomic E-state index is 12.5. The summed E-state index contributed by atoms with van der Waals surface area (Å²) in [4.78, 5) is 16.8. The molecule has 1 heterocycles. The third-order valence-corrected chi connectivity index (χ3v) is 3.76. The molecular weight excluding hydrogens is 224 g/mol. The highest BCUT2D eigenvalue weighted by Crippen LogP contribution is 2.29. The number of hydrogen-bond donors (Lipinski definition) is 1. The lowest BCUT2D eigenvalue weighted by Gasteiger charge is -2.10. The van der Waals surface area contributed by atoms with Gasteiger partial charge >= 0.3 is 0 Å². The van der Waals surface area contributed by atoms with E-state index >= 15 is 0 Å². The van der Waals surface area contributed by atoms with Crippen molar-refractivity contribution in [3.63, 3.8) is 0 Å². The van der Waals surface area contributed by atoms with Gasteiger partial charge in [0, 0.05) is 29.1 Å². The molecule has 1 saturated carbocycles. The van der Waals surface area contributed by atoms with Gasteiger partial charge in [0.25, 0.3) is 0 Å². The molecule has 0 radical (unpaired) electrons. The van der Waals surface area contributed by atoms with Crippen LogP contribution < -0.4 is 5.73 Å². The van der Waals surface area contributed by atoms with E-state index in [1.807, 2.05) is 30.3 Å². The van der Waals surface area contributed by atoms with Gasteiger partial charge < -0.3 is 5.73 Å². The summed E-state index contributed by atoms with van der Waals surface area (Å²) in [7, 11) is 0. The second-order valence-corrected chi connectivity index (χ2v) is 5.01. The molecule has 18 heavy (non-hydrogen) atoms. The standard InChI is InChI=1S/C15H16N2O/c16-11-7-6-10(9-11)15(18)13-3-1-5-14-12(13)4-2-8-17-14/h1-5,8,10-11H,6-7,9,16H2. The molecule has 0 spiro atoms. The minimum Gasteiger partial charge on any atom is -0.328 e. The van der Waals surface area contributed by atoms with Gasteiger partial charge in [-0.05, 0) is 31.4 Å². The molecule has 92 valence electrons. The summed E-state index contributed by atoms with van der Waals surface area (Å²) >= 11 is 0. The number of carbonyl (C=O) groups is 1. The smallest absolute Gasteiger partial charge is 0.166 e. The van der Waals surface area contributed by atoms with Crippen LogP contribution >= 0.6 is 0 Å². The molecule has 1 aromatic carbocycles. The van der Waals surface area contributed by atoms with Gasteiger partial charge in [-0.2, -0.15) is 0 Å². The molecule has 3 heteroatoms. The predicted molar refractivity (Wildman–Crippen MR) is 71.4 cm³/mol. The van der Waals surface area contributed by atoms with E-state index in [2.05, 4.69) is 4.98 Å². The van der Waals surface area contributed by atoms with E-state index in [9.17, 15) is 4.79 Å². The van der Waals surface area contributed by atoms with Gasteiger partial charge in [0.05, 0.1) is 5.52 Å². The number of rotatable bonds is 2. The minimum atomic E-state index is 0.0887. The monoisotopic (exact) mass is 240 g/mol. The van der Waals surface area contributed by atoms with Gasteiger partial charge in [0.2, 0.25) is 0 Å². The van der Waals surface area contributed by atoms with Crippen molar-refractivity contribution < 1.29 is 4.79 Å². The van der Waals surface area contributed by atoms with Crippen molar-refractivity contribution in [2.24, 2.45) is 11.7 Å². The third-order valence-electron chi connectivity index (χ3n) is 3.76. The molecule has 2 atom stereocenters. The first-order chi connectivity index (χ1) is 8.75. The number of aromatic nitrogens is 1. The lowest BCUT2D eigenvalue weighted by atomic mass is 9.93. The summed E-state index contributed by atoms with van der Waals surface area (Å²) < 4.78 is 0.